The lowest BCUT2D eigenvalue weighted by atomic mass is 9.45. The van der Waals surface area contributed by atoms with Crippen molar-refractivity contribution in [3.63, 3.8) is 0 Å². The SMILES string of the molecule is C[C@H]1CCC2=CC[C@H]3[C@H](C)C[C@@](O)([C@](C)(O)[C@H]4CC[C@@]5(O)C6=CC(=O)[C@@H]7C[C@@H](O)[C@@H](O)C[C@]7(C)[C@H]6CC[C@]45C)CC[C@@]3(CC[C@@H]3COC(=O)[C@@H]3c3cc[nH]c3)[C@@H]2C1. The van der Waals surface area contributed by atoms with Crippen molar-refractivity contribution in [3.05, 3.63) is 47.3 Å². The first-order valence-corrected chi connectivity index (χ1v) is 22.7. The minimum Gasteiger partial charge on any atom is -0.465 e. The van der Waals surface area contributed by atoms with Crippen LogP contribution in [0, 0.1) is 63.6 Å². The molecule has 57 heavy (non-hydrogen) atoms. The van der Waals surface area contributed by atoms with Gasteiger partial charge < -0.3 is 35.3 Å². The first-order valence-electron chi connectivity index (χ1n) is 22.7. The van der Waals surface area contributed by atoms with Crippen LogP contribution in [-0.2, 0) is 14.3 Å². The number of rotatable bonds is 6. The van der Waals surface area contributed by atoms with E-state index in [1.54, 1.807) is 11.6 Å². The molecule has 7 aliphatic carbocycles. The van der Waals surface area contributed by atoms with E-state index in [1.165, 1.54) is 6.42 Å². The van der Waals surface area contributed by atoms with Crippen LogP contribution in [0.1, 0.15) is 142 Å². The maximum absolute atomic E-state index is 13.8. The van der Waals surface area contributed by atoms with E-state index >= 15 is 0 Å². The highest BCUT2D eigenvalue weighted by atomic mass is 16.5. The molecule has 9 rings (SSSR count). The topological polar surface area (TPSA) is 160 Å². The molecule has 9 nitrogen and oxygen atoms in total. The van der Waals surface area contributed by atoms with Crippen LogP contribution in [0.5, 0.6) is 0 Å². The summed E-state index contributed by atoms with van der Waals surface area (Å²) in [5.74, 6) is 0.164. The third kappa shape index (κ3) is 5.70. The molecule has 6 fully saturated rings. The molecule has 0 radical (unpaired) electrons. The molecule has 2 heterocycles. The van der Waals surface area contributed by atoms with Crippen LogP contribution in [0.3, 0.4) is 0 Å². The molecule has 1 saturated heterocycles. The van der Waals surface area contributed by atoms with Gasteiger partial charge in [0.1, 0.15) is 0 Å². The van der Waals surface area contributed by atoms with Gasteiger partial charge in [-0.1, -0.05) is 39.3 Å². The zero-order chi connectivity index (χ0) is 40.5. The molecule has 0 bridgehead atoms. The predicted molar refractivity (Wildman–Crippen MR) is 215 cm³/mol. The molecule has 0 unspecified atom stereocenters. The summed E-state index contributed by atoms with van der Waals surface area (Å²) in [5, 5.41) is 60.8. The summed E-state index contributed by atoms with van der Waals surface area (Å²) in [7, 11) is 0. The zero-order valence-corrected chi connectivity index (χ0v) is 35.0. The van der Waals surface area contributed by atoms with Gasteiger partial charge in [0.05, 0.1) is 41.5 Å². The largest absolute Gasteiger partial charge is 0.465 e. The summed E-state index contributed by atoms with van der Waals surface area (Å²) in [4.78, 5) is 30.1. The number of ketones is 1. The summed E-state index contributed by atoms with van der Waals surface area (Å²) in [6, 6.07) is 1.99. The molecule has 1 aromatic rings. The van der Waals surface area contributed by atoms with Crippen molar-refractivity contribution < 1.29 is 39.9 Å². The van der Waals surface area contributed by atoms with E-state index in [0.29, 0.717) is 69.3 Å². The number of esters is 1. The smallest absolute Gasteiger partial charge is 0.313 e. The van der Waals surface area contributed by atoms with Crippen molar-refractivity contribution in [1.29, 1.82) is 0 Å². The standard InChI is InChI=1S/C48H69NO8/c1-27-6-7-29-8-9-32-28(2)23-47(55,18-17-46(32,34(29)20-27)15-10-31-26-57-42(53)41(31)30-13-19-49-25-30)45(5,54)40-12-16-48(56)35-21-37(50)36-22-38(51)39(52)24-43(36,3)33(35)11-14-44(40,48)4/h8,13,19,21,25,27-28,31-34,36,38-41,49,51-52,54-56H,6-7,9-12,14-18,20,22-24,26H2,1-5H3/t27-,28+,31+,32-,33-,34+,36-,38+,39-,40-,41+,43+,44+,45+,46+,47+,48+/m0/s1. The molecular weight excluding hydrogens is 719 g/mol. The highest BCUT2D eigenvalue weighted by Crippen LogP contribution is 2.70. The van der Waals surface area contributed by atoms with E-state index < -0.39 is 51.7 Å². The third-order valence-corrected chi connectivity index (χ3v) is 19.3. The second-order valence-electron chi connectivity index (χ2n) is 21.8. The monoisotopic (exact) mass is 788 g/mol. The Morgan fingerprint density at radius 1 is 0.947 bits per heavy atom. The fraction of sp³-hybridized carbons (Fsp3) is 0.792. The number of fused-ring (bicyclic) bond motifs is 8. The Bertz CT molecular complexity index is 1820. The van der Waals surface area contributed by atoms with Crippen LogP contribution in [0.25, 0.3) is 0 Å². The predicted octanol–water partition coefficient (Wildman–Crippen LogP) is 6.93. The summed E-state index contributed by atoms with van der Waals surface area (Å²) in [5.41, 5.74) is -2.36. The zero-order valence-electron chi connectivity index (χ0n) is 35.0. The average molecular weight is 788 g/mol. The second-order valence-corrected chi connectivity index (χ2v) is 21.8. The number of hydrogen-bond donors (Lipinski definition) is 6. The minimum absolute atomic E-state index is 0.0790. The quantitative estimate of drug-likeness (QED) is 0.134. The number of allylic oxidation sites excluding steroid dienone is 3. The van der Waals surface area contributed by atoms with Crippen molar-refractivity contribution in [2.24, 2.45) is 63.6 Å². The number of cyclic esters (lactones) is 1. The van der Waals surface area contributed by atoms with Gasteiger partial charge in [-0.2, -0.15) is 0 Å². The summed E-state index contributed by atoms with van der Waals surface area (Å²) in [6.45, 7) is 11.1. The summed E-state index contributed by atoms with van der Waals surface area (Å²) < 4.78 is 5.72. The molecule has 0 aromatic carbocycles. The van der Waals surface area contributed by atoms with E-state index in [-0.39, 0.29) is 47.3 Å². The van der Waals surface area contributed by atoms with Crippen molar-refractivity contribution in [1.82, 2.24) is 4.98 Å². The van der Waals surface area contributed by atoms with Gasteiger partial charge in [0.2, 0.25) is 0 Å². The van der Waals surface area contributed by atoms with E-state index in [1.807, 2.05) is 25.4 Å². The molecule has 1 aliphatic heterocycles. The van der Waals surface area contributed by atoms with E-state index in [0.717, 1.165) is 49.7 Å². The summed E-state index contributed by atoms with van der Waals surface area (Å²) in [6.07, 6.45) is 17.0. The van der Waals surface area contributed by atoms with Crippen LogP contribution >= 0.6 is 0 Å². The van der Waals surface area contributed by atoms with Crippen molar-refractivity contribution in [2.45, 2.75) is 166 Å². The van der Waals surface area contributed by atoms with Gasteiger partial charge in [-0.15, -0.1) is 0 Å². The van der Waals surface area contributed by atoms with Crippen LogP contribution < -0.4 is 0 Å². The van der Waals surface area contributed by atoms with Gasteiger partial charge in [-0.3, -0.25) is 9.59 Å². The Morgan fingerprint density at radius 3 is 2.49 bits per heavy atom. The number of ether oxygens (including phenoxy) is 1. The first-order chi connectivity index (χ1) is 26.9. The van der Waals surface area contributed by atoms with E-state index in [2.05, 4.69) is 38.8 Å². The maximum Gasteiger partial charge on any atom is 0.313 e. The molecule has 0 amide bonds. The van der Waals surface area contributed by atoms with E-state index in [4.69, 9.17) is 4.74 Å². The molecule has 1 aromatic heterocycles. The van der Waals surface area contributed by atoms with Crippen LogP contribution in [0.15, 0.2) is 41.8 Å². The van der Waals surface area contributed by atoms with Crippen LogP contribution in [0.4, 0.5) is 0 Å². The molecule has 314 valence electrons. The van der Waals surface area contributed by atoms with Crippen molar-refractivity contribution >= 4 is 11.8 Å². The first kappa shape index (κ1) is 40.1. The van der Waals surface area contributed by atoms with Gasteiger partial charge in [0.15, 0.2) is 5.78 Å². The van der Waals surface area contributed by atoms with Gasteiger partial charge in [0.25, 0.3) is 0 Å². The fourth-order valence-electron chi connectivity index (χ4n) is 16.0. The number of aliphatic hydroxyl groups is 5. The molecule has 9 heteroatoms. The lowest BCUT2D eigenvalue weighted by Gasteiger charge is -2.61. The third-order valence-electron chi connectivity index (χ3n) is 19.3. The molecular formula is C48H69NO8. The summed E-state index contributed by atoms with van der Waals surface area (Å²) >= 11 is 0. The average Bonchev–Trinajstić information content (AvgIpc) is 3.87. The second kappa shape index (κ2) is 13.6. The Balaban J connectivity index is 1.03. The fourth-order valence-corrected chi connectivity index (χ4v) is 16.0. The Morgan fingerprint density at radius 2 is 1.74 bits per heavy atom. The van der Waals surface area contributed by atoms with Gasteiger partial charge in [0, 0.05) is 29.6 Å². The minimum atomic E-state index is -1.51. The Kier molecular flexibility index (Phi) is 9.58. The molecule has 0 spiro atoms. The highest BCUT2D eigenvalue weighted by Gasteiger charge is 2.71. The van der Waals surface area contributed by atoms with Crippen molar-refractivity contribution in [2.75, 3.05) is 6.61 Å². The molecule has 17 atom stereocenters. The number of H-pyrrole nitrogens is 1. The molecule has 8 aliphatic rings. The lowest BCUT2D eigenvalue weighted by molar-refractivity contribution is -0.217. The number of nitrogens with one attached hydrogen (secondary N) is 1. The number of aromatic amines is 1. The lowest BCUT2D eigenvalue weighted by Crippen LogP contribution is -2.65. The number of carbonyl (C=O) groups excluding carboxylic acids is 2. The normalized spacial score (nSPS) is 50.5. The number of aromatic nitrogens is 1. The highest BCUT2D eigenvalue weighted by molar-refractivity contribution is 5.95. The van der Waals surface area contributed by atoms with Crippen LogP contribution in [-0.4, -0.2) is 77.9 Å². The van der Waals surface area contributed by atoms with Gasteiger partial charge in [-0.25, -0.2) is 0 Å². The number of carbonyl (C=O) groups is 2. The van der Waals surface area contributed by atoms with Crippen LogP contribution in [0.2, 0.25) is 0 Å². The number of hydrogen-bond acceptors (Lipinski definition) is 8. The Labute approximate surface area is 339 Å². The van der Waals surface area contributed by atoms with Gasteiger partial charge >= 0.3 is 5.97 Å². The number of aliphatic hydroxyl groups excluding tert-OH is 2. The Hall–Kier alpha value is -2.30. The van der Waals surface area contributed by atoms with E-state index in [9.17, 15) is 35.1 Å². The van der Waals surface area contributed by atoms with Crippen molar-refractivity contribution in [3.8, 4) is 0 Å². The molecule has 6 N–H and O–H groups in total. The maximum atomic E-state index is 13.8. The van der Waals surface area contributed by atoms with Gasteiger partial charge in [-0.05, 0) is 173 Å². The molecule has 5 saturated carbocycles.